The average molecular weight is 855 g/mol. The second kappa shape index (κ2) is 19.9. The fourth-order valence-electron chi connectivity index (χ4n) is 5.04. The first-order chi connectivity index (χ1) is 26.7. The van der Waals surface area contributed by atoms with Crippen molar-refractivity contribution in [2.45, 2.75) is 28.5 Å². The molecule has 7 aromatic carbocycles. The van der Waals surface area contributed by atoms with Gasteiger partial charge in [-0.1, -0.05) is 78.4 Å². The number of hydrogen-bond acceptors (Lipinski definition) is 10. The quantitative estimate of drug-likeness (QED) is 0.0667. The SMILES string of the molecule is Cc1ccc([NH-])cc1.Cc1ccccc1N.Nc1ccccc1.O=S(=O)(O)c1cc(O)c2c(NS(=O)(=O)c3ccc4cc(O)ccc4c3)ccc(S(=O)(=O)O)c2c1.[Na+]. The van der Waals surface area contributed by atoms with E-state index in [1.807, 2.05) is 80.6 Å². The van der Waals surface area contributed by atoms with Gasteiger partial charge in [0, 0.05) is 28.2 Å². The van der Waals surface area contributed by atoms with Gasteiger partial charge in [0.2, 0.25) is 0 Å². The standard InChI is InChI=1S/C20H15NO10S3.C7H8N.C7H9N.C6H7N.Na/c22-13-3-1-12-8-14(4-2-11(12)7-13)32(24,25)21-17-5-6-19(34(29,30)31)16-9-15(33(26,27)28)10-18(23)20(16)17;1-6-2-4-7(8)5-3-6;1-6-4-2-3-5-7(6)8;7-6-4-2-1-3-5-6;/h1-10,21-23H,(H,26,27,28)(H,29,30,31);2-5,8H,1H3;2-5H,8H2,1H3;1-5H,7H2;/q;-1;;;+1. The van der Waals surface area contributed by atoms with E-state index in [0.717, 1.165) is 29.1 Å². The van der Waals surface area contributed by atoms with Gasteiger partial charge < -0.3 is 27.4 Å². The summed E-state index contributed by atoms with van der Waals surface area (Å²) in [7, 11) is -14.1. The summed E-state index contributed by atoms with van der Waals surface area (Å²) in [5.74, 6) is -0.881. The molecule has 0 aliphatic carbocycles. The summed E-state index contributed by atoms with van der Waals surface area (Å²) in [5.41, 5.74) is 22.3. The van der Waals surface area contributed by atoms with Crippen molar-refractivity contribution in [3.05, 3.63) is 156 Å². The van der Waals surface area contributed by atoms with E-state index in [2.05, 4.69) is 4.72 Å². The summed E-state index contributed by atoms with van der Waals surface area (Å²) < 4.78 is 93.7. The van der Waals surface area contributed by atoms with E-state index < -0.39 is 56.6 Å². The number of nitrogens with two attached hydrogens (primary N) is 2. The zero-order valence-corrected chi connectivity index (χ0v) is 35.8. The molecule has 10 N–H and O–H groups in total. The van der Waals surface area contributed by atoms with Crippen LogP contribution in [0.15, 0.2) is 154 Å². The van der Waals surface area contributed by atoms with Gasteiger partial charge in [0.15, 0.2) is 0 Å². The van der Waals surface area contributed by atoms with E-state index >= 15 is 0 Å². The Morgan fingerprint density at radius 3 is 1.71 bits per heavy atom. The van der Waals surface area contributed by atoms with Crippen molar-refractivity contribution in [3.63, 3.8) is 0 Å². The molecular weight excluding hydrogens is 816 g/mol. The molecule has 7 rings (SSSR count). The van der Waals surface area contributed by atoms with Crippen molar-refractivity contribution in [2.75, 3.05) is 16.2 Å². The summed E-state index contributed by atoms with van der Waals surface area (Å²) >= 11 is 0. The van der Waals surface area contributed by atoms with Crippen LogP contribution in [-0.4, -0.2) is 44.6 Å². The summed E-state index contributed by atoms with van der Waals surface area (Å²) in [5, 5.41) is 20.0. The predicted octanol–water partition coefficient (Wildman–Crippen LogP) is 5.23. The molecule has 0 atom stereocenters. The van der Waals surface area contributed by atoms with E-state index in [-0.39, 0.29) is 45.9 Å². The van der Waals surface area contributed by atoms with Crippen LogP contribution in [0.2, 0.25) is 0 Å². The van der Waals surface area contributed by atoms with Crippen LogP contribution < -0.4 is 45.7 Å². The smallest absolute Gasteiger partial charge is 0.699 e. The Hall–Kier alpha value is -5.37. The molecule has 0 radical (unpaired) electrons. The first-order valence-electron chi connectivity index (χ1n) is 16.6. The van der Waals surface area contributed by atoms with Gasteiger partial charge in [0.05, 0.1) is 15.5 Å². The van der Waals surface area contributed by atoms with Gasteiger partial charge in [-0.25, -0.2) is 8.42 Å². The molecule has 0 unspecified atom stereocenters. The number of fused-ring (bicyclic) bond motifs is 2. The normalized spacial score (nSPS) is 11.0. The minimum Gasteiger partial charge on any atom is -0.699 e. The van der Waals surface area contributed by atoms with Crippen molar-refractivity contribution >= 4 is 74.6 Å². The molecular formula is C40H39N4NaO10S3. The fourth-order valence-corrected chi connectivity index (χ4v) is 7.36. The maximum Gasteiger partial charge on any atom is 1.00 e. The Labute approximate surface area is 358 Å². The molecule has 298 valence electrons. The zero-order chi connectivity index (χ0) is 42.1. The summed E-state index contributed by atoms with van der Waals surface area (Å²) in [6.07, 6.45) is 0. The number of sulfonamides is 1. The van der Waals surface area contributed by atoms with E-state index in [9.17, 15) is 44.6 Å². The third kappa shape index (κ3) is 13.1. The summed E-state index contributed by atoms with van der Waals surface area (Å²) in [6.45, 7) is 4.01. The summed E-state index contributed by atoms with van der Waals surface area (Å²) in [4.78, 5) is -1.90. The van der Waals surface area contributed by atoms with Crippen LogP contribution in [0.3, 0.4) is 0 Å². The number of aromatic hydroxyl groups is 2. The maximum absolute atomic E-state index is 13.0. The molecule has 14 nitrogen and oxygen atoms in total. The number of anilines is 3. The van der Waals surface area contributed by atoms with Crippen molar-refractivity contribution < 1.29 is 74.1 Å². The predicted molar refractivity (Wildman–Crippen MR) is 223 cm³/mol. The molecule has 0 aliphatic heterocycles. The number of phenols is 2. The van der Waals surface area contributed by atoms with Gasteiger partial charge in [0.25, 0.3) is 30.3 Å². The maximum atomic E-state index is 13.0. The number of benzene rings is 7. The van der Waals surface area contributed by atoms with E-state index in [1.165, 1.54) is 42.0 Å². The van der Waals surface area contributed by atoms with E-state index in [4.69, 9.17) is 17.2 Å². The average Bonchev–Trinajstić information content (AvgIpc) is 3.14. The molecule has 0 bridgehead atoms. The third-order valence-electron chi connectivity index (χ3n) is 7.99. The molecule has 0 fully saturated rings. The molecule has 0 amide bonds. The Kier molecular flexibility index (Phi) is 16.1. The van der Waals surface area contributed by atoms with Crippen molar-refractivity contribution in [1.82, 2.24) is 0 Å². The molecule has 0 spiro atoms. The largest absolute Gasteiger partial charge is 1.00 e. The zero-order valence-electron chi connectivity index (χ0n) is 31.4. The molecule has 0 aromatic heterocycles. The van der Waals surface area contributed by atoms with Crippen molar-refractivity contribution in [3.8, 4) is 11.5 Å². The van der Waals surface area contributed by atoms with Crippen LogP contribution in [0, 0.1) is 13.8 Å². The molecule has 7 aromatic rings. The van der Waals surface area contributed by atoms with Crippen LogP contribution in [0.25, 0.3) is 27.3 Å². The Morgan fingerprint density at radius 2 is 1.19 bits per heavy atom. The third-order valence-corrected chi connectivity index (χ3v) is 11.1. The minimum atomic E-state index is -4.93. The van der Waals surface area contributed by atoms with Crippen LogP contribution in [-0.2, 0) is 30.3 Å². The monoisotopic (exact) mass is 854 g/mol. The number of rotatable bonds is 5. The van der Waals surface area contributed by atoms with Crippen LogP contribution in [0.4, 0.5) is 22.7 Å². The van der Waals surface area contributed by atoms with Gasteiger partial charge in [-0.2, -0.15) is 16.8 Å². The topological polar surface area (TPSA) is 271 Å². The molecule has 0 aliphatic rings. The second-order valence-electron chi connectivity index (χ2n) is 12.4. The van der Waals surface area contributed by atoms with Crippen molar-refractivity contribution in [2.24, 2.45) is 0 Å². The van der Waals surface area contributed by atoms with Crippen LogP contribution >= 0.6 is 0 Å². The van der Waals surface area contributed by atoms with Gasteiger partial charge in [-0.3, -0.25) is 13.8 Å². The Bertz CT molecular complexity index is 2820. The Morgan fingerprint density at radius 1 is 0.603 bits per heavy atom. The molecule has 0 heterocycles. The van der Waals surface area contributed by atoms with Crippen LogP contribution in [0.1, 0.15) is 11.1 Å². The van der Waals surface area contributed by atoms with E-state index in [0.29, 0.717) is 28.6 Å². The summed E-state index contributed by atoms with van der Waals surface area (Å²) in [6, 6.07) is 36.1. The van der Waals surface area contributed by atoms with Gasteiger partial charge in [0.1, 0.15) is 16.4 Å². The molecule has 0 saturated carbocycles. The molecule has 18 heteroatoms. The number of para-hydroxylation sites is 2. The Balaban J connectivity index is 0.000000300. The first kappa shape index (κ1) is 47.0. The fraction of sp³-hybridized carbons (Fsp3) is 0.0500. The minimum absolute atomic E-state index is 0. The first-order valence-corrected chi connectivity index (χ1v) is 20.9. The number of hydrogen-bond donors (Lipinski definition) is 7. The van der Waals surface area contributed by atoms with Crippen LogP contribution in [0.5, 0.6) is 11.5 Å². The van der Waals surface area contributed by atoms with Gasteiger partial charge in [-0.05, 0) is 90.8 Å². The number of phenolic OH excluding ortho intramolecular Hbond substituents is 2. The van der Waals surface area contributed by atoms with Gasteiger partial charge >= 0.3 is 29.6 Å². The number of aryl methyl sites for hydroxylation is 2. The molecule has 58 heavy (non-hydrogen) atoms. The number of nitrogens with one attached hydrogen (secondary N) is 2. The number of nitrogen functional groups attached to an aromatic ring is 2. The van der Waals surface area contributed by atoms with Gasteiger partial charge in [-0.15, -0.1) is 5.69 Å². The molecule has 0 saturated heterocycles. The van der Waals surface area contributed by atoms with Crippen molar-refractivity contribution in [1.29, 1.82) is 0 Å². The van der Waals surface area contributed by atoms with E-state index in [1.54, 1.807) is 12.1 Å². The second-order valence-corrected chi connectivity index (χ2v) is 16.9.